The van der Waals surface area contributed by atoms with Gasteiger partial charge in [-0.15, -0.1) is 35.6 Å². The van der Waals surface area contributed by atoms with Gasteiger partial charge in [-0.2, -0.15) is 0 Å². The number of hydrogen-bond donors (Lipinski definition) is 0. The van der Waals surface area contributed by atoms with E-state index in [9.17, 15) is 0 Å². The van der Waals surface area contributed by atoms with Crippen molar-refractivity contribution in [1.29, 1.82) is 0 Å². The fraction of sp³-hybridized carbons (Fsp3) is 1.00. The van der Waals surface area contributed by atoms with Crippen LogP contribution in [0.4, 0.5) is 0 Å². The fourth-order valence-corrected chi connectivity index (χ4v) is 0.612. The average Bonchev–Trinajstić information content (AvgIpc) is 1.68. The van der Waals surface area contributed by atoms with Gasteiger partial charge in [0.25, 0.3) is 0 Å². The summed E-state index contributed by atoms with van der Waals surface area (Å²) in [5.74, 6) is 0.656. The van der Waals surface area contributed by atoms with Crippen LogP contribution in [0.25, 0.3) is 0 Å². The minimum Gasteiger partial charge on any atom is -0.292 e. The molecule has 0 aliphatic rings. The van der Waals surface area contributed by atoms with Crippen molar-refractivity contribution in [2.45, 2.75) is 0 Å². The molecule has 0 spiro atoms. The Bertz CT molecular complexity index is 42.3. The summed E-state index contributed by atoms with van der Waals surface area (Å²) in [5.41, 5.74) is 0. The quantitative estimate of drug-likeness (QED) is 0.470. The van der Waals surface area contributed by atoms with Gasteiger partial charge in [-0.3, -0.25) is 4.90 Å². The minimum absolute atomic E-state index is 0. The predicted octanol–water partition coefficient (Wildman–Crippen LogP) is 1.78. The van der Waals surface area contributed by atoms with Crippen molar-refractivity contribution in [2.24, 2.45) is 0 Å². The summed E-state index contributed by atoms with van der Waals surface area (Å²) in [6.07, 6.45) is 0. The van der Waals surface area contributed by atoms with Crippen molar-refractivity contribution in [3.8, 4) is 0 Å². The van der Waals surface area contributed by atoms with Crippen LogP contribution in [0.5, 0.6) is 0 Å². The lowest BCUT2D eigenvalue weighted by Crippen LogP contribution is -2.18. The molecular weight excluding hydrogens is 168 g/mol. The fourth-order valence-electron chi connectivity index (χ4n) is 0.204. The maximum Gasteiger partial charge on any atom is 0.0736 e. The van der Waals surface area contributed by atoms with E-state index in [1.165, 1.54) is 0 Å². The molecular formula is C4H10Cl3N. The Morgan fingerprint density at radius 2 is 1.88 bits per heavy atom. The van der Waals surface area contributed by atoms with E-state index in [2.05, 4.69) is 0 Å². The highest BCUT2D eigenvalue weighted by Gasteiger charge is 1.89. The van der Waals surface area contributed by atoms with E-state index in [0.29, 0.717) is 11.9 Å². The SMILES string of the molecule is CN(CCl)CCCl.Cl. The molecule has 0 atom stereocenters. The molecule has 0 unspecified atom stereocenters. The van der Waals surface area contributed by atoms with Crippen LogP contribution < -0.4 is 0 Å². The minimum atomic E-state index is 0. The Labute approximate surface area is 66.4 Å². The molecule has 0 rings (SSSR count). The van der Waals surface area contributed by atoms with E-state index in [4.69, 9.17) is 23.2 Å². The number of halogens is 3. The van der Waals surface area contributed by atoms with Gasteiger partial charge in [-0.05, 0) is 7.05 Å². The molecule has 0 bridgehead atoms. The third-order valence-electron chi connectivity index (χ3n) is 0.670. The largest absolute Gasteiger partial charge is 0.292 e. The first-order valence-corrected chi connectivity index (χ1v) is 3.18. The zero-order valence-electron chi connectivity index (χ0n) is 4.73. The lowest BCUT2D eigenvalue weighted by molar-refractivity contribution is 0.415. The second-order valence-electron chi connectivity index (χ2n) is 1.39. The molecule has 0 aliphatic carbocycles. The molecule has 0 saturated carbocycles. The highest BCUT2D eigenvalue weighted by molar-refractivity contribution is 6.18. The van der Waals surface area contributed by atoms with Crippen LogP contribution in [-0.2, 0) is 0 Å². The second-order valence-corrected chi connectivity index (χ2v) is 2.01. The number of nitrogens with zero attached hydrogens (tertiary/aromatic N) is 1. The average molecular weight is 178 g/mol. The third kappa shape index (κ3) is 6.83. The Hall–Kier alpha value is 0.830. The summed E-state index contributed by atoms with van der Waals surface area (Å²) in [6, 6.07) is 0.562. The van der Waals surface area contributed by atoms with Crippen LogP contribution >= 0.6 is 35.6 Å². The summed E-state index contributed by atoms with van der Waals surface area (Å²) in [4.78, 5) is 1.94. The molecule has 0 heterocycles. The number of alkyl halides is 2. The standard InChI is InChI=1S/C4H9Cl2N.ClH/c1-7(4-6)3-2-5;/h2-4H2,1H3;1H. The smallest absolute Gasteiger partial charge is 0.0736 e. The molecule has 0 fully saturated rings. The number of rotatable bonds is 3. The Balaban J connectivity index is 0. The summed E-state index contributed by atoms with van der Waals surface area (Å²) < 4.78 is 0. The lowest BCUT2D eigenvalue weighted by atomic mass is 10.7. The Morgan fingerprint density at radius 1 is 1.38 bits per heavy atom. The molecule has 0 amide bonds. The molecule has 52 valence electrons. The normalized spacial score (nSPS) is 9.00. The Morgan fingerprint density at radius 3 is 2.00 bits per heavy atom. The van der Waals surface area contributed by atoms with Crippen LogP contribution in [0, 0.1) is 0 Å². The van der Waals surface area contributed by atoms with Gasteiger partial charge in [0, 0.05) is 12.4 Å². The van der Waals surface area contributed by atoms with Gasteiger partial charge in [-0.25, -0.2) is 0 Å². The zero-order chi connectivity index (χ0) is 5.70. The summed E-state index contributed by atoms with van der Waals surface area (Å²) >= 11 is 10.8. The second kappa shape index (κ2) is 7.83. The van der Waals surface area contributed by atoms with E-state index >= 15 is 0 Å². The highest BCUT2D eigenvalue weighted by atomic mass is 35.5. The van der Waals surface area contributed by atoms with Crippen molar-refractivity contribution < 1.29 is 0 Å². The van der Waals surface area contributed by atoms with Gasteiger partial charge in [0.05, 0.1) is 6.00 Å². The predicted molar refractivity (Wildman–Crippen MR) is 41.3 cm³/mol. The molecule has 0 aromatic carbocycles. The highest BCUT2D eigenvalue weighted by Crippen LogP contribution is 1.85. The van der Waals surface area contributed by atoms with Crippen LogP contribution in [0.1, 0.15) is 0 Å². The van der Waals surface area contributed by atoms with Gasteiger partial charge in [0.15, 0.2) is 0 Å². The van der Waals surface area contributed by atoms with E-state index < -0.39 is 0 Å². The Kier molecular flexibility index (Phi) is 11.4. The maximum absolute atomic E-state index is 5.40. The topological polar surface area (TPSA) is 3.24 Å². The van der Waals surface area contributed by atoms with Gasteiger partial charge in [0.1, 0.15) is 0 Å². The molecule has 0 aromatic heterocycles. The summed E-state index contributed by atoms with van der Waals surface area (Å²) in [7, 11) is 1.93. The van der Waals surface area contributed by atoms with Crippen molar-refractivity contribution in [3.05, 3.63) is 0 Å². The molecule has 4 heteroatoms. The molecule has 0 saturated heterocycles. The van der Waals surface area contributed by atoms with E-state index in [1.807, 2.05) is 11.9 Å². The van der Waals surface area contributed by atoms with Crippen molar-refractivity contribution in [2.75, 3.05) is 25.5 Å². The van der Waals surface area contributed by atoms with Crippen molar-refractivity contribution in [1.82, 2.24) is 4.90 Å². The summed E-state index contributed by atoms with van der Waals surface area (Å²) in [5, 5.41) is 0. The van der Waals surface area contributed by atoms with Crippen molar-refractivity contribution in [3.63, 3.8) is 0 Å². The molecule has 0 aliphatic heterocycles. The first kappa shape index (κ1) is 11.6. The van der Waals surface area contributed by atoms with E-state index in [1.54, 1.807) is 0 Å². The van der Waals surface area contributed by atoms with Gasteiger partial charge in [-0.1, -0.05) is 0 Å². The van der Waals surface area contributed by atoms with Gasteiger partial charge < -0.3 is 0 Å². The monoisotopic (exact) mass is 177 g/mol. The van der Waals surface area contributed by atoms with Crippen LogP contribution in [0.2, 0.25) is 0 Å². The van der Waals surface area contributed by atoms with Crippen molar-refractivity contribution >= 4 is 35.6 Å². The molecule has 0 radical (unpaired) electrons. The summed E-state index contributed by atoms with van der Waals surface area (Å²) in [6.45, 7) is 0.866. The van der Waals surface area contributed by atoms with E-state index in [-0.39, 0.29) is 12.4 Å². The molecule has 1 nitrogen and oxygen atoms in total. The maximum atomic E-state index is 5.40. The van der Waals surface area contributed by atoms with Gasteiger partial charge in [0.2, 0.25) is 0 Å². The number of hydrogen-bond acceptors (Lipinski definition) is 1. The first-order chi connectivity index (χ1) is 3.31. The molecule has 8 heavy (non-hydrogen) atoms. The molecule has 0 aromatic rings. The lowest BCUT2D eigenvalue weighted by Gasteiger charge is -2.07. The van der Waals surface area contributed by atoms with E-state index in [0.717, 1.165) is 6.54 Å². The van der Waals surface area contributed by atoms with Crippen LogP contribution in [-0.4, -0.2) is 30.4 Å². The third-order valence-corrected chi connectivity index (χ3v) is 1.25. The zero-order valence-corrected chi connectivity index (χ0v) is 7.06. The van der Waals surface area contributed by atoms with Gasteiger partial charge >= 0.3 is 0 Å². The van der Waals surface area contributed by atoms with Crippen LogP contribution in [0.3, 0.4) is 0 Å². The molecule has 0 N–H and O–H groups in total. The first-order valence-electron chi connectivity index (χ1n) is 2.11. The van der Waals surface area contributed by atoms with Crippen LogP contribution in [0.15, 0.2) is 0 Å².